The van der Waals surface area contributed by atoms with Gasteiger partial charge in [0.2, 0.25) is 0 Å². The molecular weight excluding hydrogens is 250 g/mol. The van der Waals surface area contributed by atoms with E-state index in [1.807, 2.05) is 13.1 Å². The van der Waals surface area contributed by atoms with Gasteiger partial charge in [-0.15, -0.1) is 0 Å². The zero-order valence-electron chi connectivity index (χ0n) is 13.0. The molecule has 4 heteroatoms. The van der Waals surface area contributed by atoms with E-state index in [-0.39, 0.29) is 0 Å². The molecule has 1 aromatic rings. The minimum atomic E-state index is 0.613. The molecule has 4 nitrogen and oxygen atoms in total. The van der Waals surface area contributed by atoms with Gasteiger partial charge in [-0.1, -0.05) is 6.42 Å². The lowest BCUT2D eigenvalue weighted by Gasteiger charge is -2.35. The number of methoxy groups -OCH3 is 1. The second-order valence-electron chi connectivity index (χ2n) is 5.74. The Kier molecular flexibility index (Phi) is 5.38. The summed E-state index contributed by atoms with van der Waals surface area (Å²) in [7, 11) is 1.73. The molecule has 1 aliphatic heterocycles. The Morgan fingerprint density at radius 2 is 2.20 bits per heavy atom. The number of rotatable bonds is 5. The maximum atomic E-state index is 5.75. The molecule has 0 bridgehead atoms. The third kappa shape index (κ3) is 3.30. The van der Waals surface area contributed by atoms with Crippen molar-refractivity contribution in [2.24, 2.45) is 5.73 Å². The van der Waals surface area contributed by atoms with E-state index in [1.165, 1.54) is 24.8 Å². The number of pyridine rings is 1. The highest BCUT2D eigenvalue weighted by Gasteiger charge is 2.23. The van der Waals surface area contributed by atoms with Gasteiger partial charge in [0.05, 0.1) is 12.8 Å². The van der Waals surface area contributed by atoms with Gasteiger partial charge in [-0.3, -0.25) is 9.88 Å². The van der Waals surface area contributed by atoms with E-state index >= 15 is 0 Å². The second-order valence-corrected chi connectivity index (χ2v) is 5.74. The summed E-state index contributed by atoms with van der Waals surface area (Å²) in [6.45, 7) is 6.98. The highest BCUT2D eigenvalue weighted by Crippen LogP contribution is 2.27. The molecule has 20 heavy (non-hydrogen) atoms. The molecule has 1 aliphatic rings. The molecule has 0 aromatic carbocycles. The normalized spacial score (nSPS) is 20.1. The minimum Gasteiger partial charge on any atom is -0.496 e. The smallest absolute Gasteiger partial charge is 0.128 e. The van der Waals surface area contributed by atoms with E-state index < -0.39 is 0 Å². The van der Waals surface area contributed by atoms with Crippen LogP contribution in [0.5, 0.6) is 5.75 Å². The van der Waals surface area contributed by atoms with Gasteiger partial charge >= 0.3 is 0 Å². The monoisotopic (exact) mass is 277 g/mol. The van der Waals surface area contributed by atoms with Gasteiger partial charge in [0, 0.05) is 29.9 Å². The molecule has 1 fully saturated rings. The van der Waals surface area contributed by atoms with Crippen LogP contribution >= 0.6 is 0 Å². The van der Waals surface area contributed by atoms with Crippen molar-refractivity contribution >= 4 is 0 Å². The van der Waals surface area contributed by atoms with E-state index in [0.29, 0.717) is 6.04 Å². The van der Waals surface area contributed by atoms with Gasteiger partial charge in [0.25, 0.3) is 0 Å². The average Bonchev–Trinajstić information content (AvgIpc) is 2.45. The van der Waals surface area contributed by atoms with Crippen LogP contribution in [0.1, 0.15) is 42.5 Å². The predicted molar refractivity (Wildman–Crippen MR) is 82.0 cm³/mol. The van der Waals surface area contributed by atoms with Crippen LogP contribution in [0.2, 0.25) is 0 Å². The molecule has 1 atom stereocenters. The van der Waals surface area contributed by atoms with Crippen molar-refractivity contribution in [2.75, 3.05) is 20.2 Å². The largest absolute Gasteiger partial charge is 0.496 e. The van der Waals surface area contributed by atoms with E-state index in [4.69, 9.17) is 10.5 Å². The number of aromatic nitrogens is 1. The number of ether oxygens (including phenoxy) is 1. The van der Waals surface area contributed by atoms with Gasteiger partial charge in [0.1, 0.15) is 5.75 Å². The van der Waals surface area contributed by atoms with Crippen LogP contribution in [0.4, 0.5) is 0 Å². The molecule has 2 heterocycles. The first-order valence-electron chi connectivity index (χ1n) is 7.60. The fraction of sp³-hybridized carbons (Fsp3) is 0.688. The quantitative estimate of drug-likeness (QED) is 0.898. The molecule has 0 amide bonds. The lowest BCUT2D eigenvalue weighted by molar-refractivity contribution is 0.132. The van der Waals surface area contributed by atoms with Gasteiger partial charge in [0.15, 0.2) is 0 Å². The maximum absolute atomic E-state index is 5.75. The van der Waals surface area contributed by atoms with Crippen molar-refractivity contribution in [3.05, 3.63) is 23.0 Å². The summed E-state index contributed by atoms with van der Waals surface area (Å²) in [6, 6.07) is 0.613. The van der Waals surface area contributed by atoms with Crippen LogP contribution < -0.4 is 10.5 Å². The zero-order valence-corrected chi connectivity index (χ0v) is 13.0. The van der Waals surface area contributed by atoms with Crippen molar-refractivity contribution in [1.82, 2.24) is 9.88 Å². The van der Waals surface area contributed by atoms with E-state index in [9.17, 15) is 0 Å². The summed E-state index contributed by atoms with van der Waals surface area (Å²) in [5.74, 6) is 0.974. The molecule has 2 rings (SSSR count). The van der Waals surface area contributed by atoms with Crippen molar-refractivity contribution in [3.8, 4) is 5.75 Å². The van der Waals surface area contributed by atoms with Crippen molar-refractivity contribution in [1.29, 1.82) is 0 Å². The van der Waals surface area contributed by atoms with Crippen LogP contribution in [-0.4, -0.2) is 36.1 Å². The van der Waals surface area contributed by atoms with Crippen LogP contribution in [0.3, 0.4) is 0 Å². The van der Waals surface area contributed by atoms with Gasteiger partial charge in [-0.05, 0) is 46.2 Å². The predicted octanol–water partition coefficient (Wildman–Crippen LogP) is 2.41. The molecule has 0 saturated carbocycles. The van der Waals surface area contributed by atoms with Crippen molar-refractivity contribution in [3.63, 3.8) is 0 Å². The lowest BCUT2D eigenvalue weighted by atomic mass is 9.98. The van der Waals surface area contributed by atoms with Crippen LogP contribution in [0.15, 0.2) is 6.20 Å². The van der Waals surface area contributed by atoms with E-state index in [2.05, 4.69) is 16.8 Å². The molecule has 0 radical (unpaired) electrons. The molecule has 0 aliphatic carbocycles. The number of hydrogen-bond donors (Lipinski definition) is 1. The Morgan fingerprint density at radius 1 is 1.40 bits per heavy atom. The Morgan fingerprint density at radius 3 is 2.90 bits per heavy atom. The highest BCUT2D eigenvalue weighted by atomic mass is 16.5. The number of hydrogen-bond acceptors (Lipinski definition) is 4. The number of nitrogens with two attached hydrogens (primary N) is 1. The van der Waals surface area contributed by atoms with Crippen molar-refractivity contribution < 1.29 is 4.74 Å². The van der Waals surface area contributed by atoms with Crippen LogP contribution in [-0.2, 0) is 6.54 Å². The molecule has 1 saturated heterocycles. The number of aryl methyl sites for hydroxylation is 1. The maximum Gasteiger partial charge on any atom is 0.128 e. The zero-order chi connectivity index (χ0) is 14.5. The Labute approximate surface area is 122 Å². The van der Waals surface area contributed by atoms with Gasteiger partial charge in [-0.25, -0.2) is 0 Å². The first-order chi connectivity index (χ1) is 9.67. The molecule has 2 N–H and O–H groups in total. The minimum absolute atomic E-state index is 0.613. The molecule has 0 spiro atoms. The fourth-order valence-corrected chi connectivity index (χ4v) is 3.21. The molecule has 1 unspecified atom stereocenters. The van der Waals surface area contributed by atoms with E-state index in [0.717, 1.165) is 43.1 Å². The molecule has 112 valence electrons. The fourth-order valence-electron chi connectivity index (χ4n) is 3.21. The SMILES string of the molecule is COc1c(C)cnc(CN2CCCCC2CCN)c1C. The summed E-state index contributed by atoms with van der Waals surface area (Å²) in [5.41, 5.74) is 9.16. The van der Waals surface area contributed by atoms with Crippen molar-refractivity contribution in [2.45, 2.75) is 52.1 Å². The second kappa shape index (κ2) is 7.04. The Bertz CT molecular complexity index is 446. The third-order valence-electron chi connectivity index (χ3n) is 4.35. The Hall–Kier alpha value is -1.13. The standard InChI is InChI=1S/C16H27N3O/c1-12-10-18-15(13(2)16(12)20-3)11-19-9-5-4-6-14(19)7-8-17/h10,14H,4-9,11,17H2,1-3H3. The first-order valence-corrected chi connectivity index (χ1v) is 7.60. The number of likely N-dealkylation sites (tertiary alicyclic amines) is 1. The van der Waals surface area contributed by atoms with Gasteiger partial charge in [-0.2, -0.15) is 0 Å². The highest BCUT2D eigenvalue weighted by molar-refractivity contribution is 5.41. The van der Waals surface area contributed by atoms with Gasteiger partial charge < -0.3 is 10.5 Å². The third-order valence-corrected chi connectivity index (χ3v) is 4.35. The average molecular weight is 277 g/mol. The van der Waals surface area contributed by atoms with Crippen LogP contribution in [0, 0.1) is 13.8 Å². The molecule has 1 aromatic heterocycles. The number of piperidine rings is 1. The summed E-state index contributed by atoms with van der Waals surface area (Å²) in [4.78, 5) is 7.16. The summed E-state index contributed by atoms with van der Waals surface area (Å²) in [6.07, 6.45) is 6.87. The van der Waals surface area contributed by atoms with Crippen LogP contribution in [0.25, 0.3) is 0 Å². The summed E-state index contributed by atoms with van der Waals surface area (Å²) >= 11 is 0. The van der Waals surface area contributed by atoms with E-state index in [1.54, 1.807) is 7.11 Å². The topological polar surface area (TPSA) is 51.4 Å². The molecular formula is C16H27N3O. The lowest BCUT2D eigenvalue weighted by Crippen LogP contribution is -2.40. The first kappa shape index (κ1) is 15.3. The number of nitrogens with zero attached hydrogens (tertiary/aromatic N) is 2. The summed E-state index contributed by atoms with van der Waals surface area (Å²) in [5, 5.41) is 0. The summed E-state index contributed by atoms with van der Waals surface area (Å²) < 4.78 is 5.50. The Balaban J connectivity index is 2.16.